The number of imide groups is 1. The molecule has 15 nitrogen and oxygen atoms in total. The third kappa shape index (κ3) is 11.5. The summed E-state index contributed by atoms with van der Waals surface area (Å²) >= 11 is 0. The first-order valence-corrected chi connectivity index (χ1v) is 14.3. The van der Waals surface area contributed by atoms with Gasteiger partial charge in [-0.3, -0.25) is 24.9 Å². The maximum absolute atomic E-state index is 13.4. The molecule has 45 heavy (non-hydrogen) atoms. The summed E-state index contributed by atoms with van der Waals surface area (Å²) < 4.78 is 10.6. The summed E-state index contributed by atoms with van der Waals surface area (Å²) in [5, 5.41) is 8.73. The number of guanidine groups is 2. The molecule has 3 aromatic rings. The molecule has 3 rings (SSSR count). The Hall–Kier alpha value is -5.60. The molecule has 0 bridgehead atoms. The molecule has 1 heterocycles. The van der Waals surface area contributed by atoms with Gasteiger partial charge in [0, 0.05) is 36.3 Å². The number of hydrogen-bond donors (Lipinski definition) is 7. The van der Waals surface area contributed by atoms with Crippen molar-refractivity contribution in [3.8, 4) is 0 Å². The van der Waals surface area contributed by atoms with E-state index in [9.17, 15) is 19.2 Å². The minimum atomic E-state index is -1.13. The Morgan fingerprint density at radius 1 is 0.867 bits per heavy atom. The van der Waals surface area contributed by atoms with Crippen molar-refractivity contribution in [2.24, 2.45) is 32.9 Å². The molecule has 0 fully saturated rings. The number of anilines is 1. The highest BCUT2D eigenvalue weighted by Gasteiger charge is 2.27. The van der Waals surface area contributed by atoms with E-state index in [1.807, 2.05) is 6.07 Å². The number of alkyl carbamates (subject to hydrolysis) is 1. The molecule has 0 aliphatic heterocycles. The van der Waals surface area contributed by atoms with Crippen LogP contribution >= 0.6 is 0 Å². The second kappa shape index (κ2) is 16.9. The van der Waals surface area contributed by atoms with Gasteiger partial charge in [0.05, 0.1) is 0 Å². The van der Waals surface area contributed by atoms with Crippen molar-refractivity contribution in [3.05, 3.63) is 76.1 Å². The third-order valence-corrected chi connectivity index (χ3v) is 6.57. The molecular formula is C30H39N9O6. The average Bonchev–Trinajstić information content (AvgIpc) is 2.99. The number of amides is 3. The van der Waals surface area contributed by atoms with Gasteiger partial charge in [-0.15, -0.1) is 0 Å². The molecule has 240 valence electrons. The number of benzene rings is 2. The SMILES string of the molecule is Cc1cc(=O)oc2cc(N[C@@H](CCCN=C(N)N)C(=O)NC(=O)[C@H](CCCN=C(N)N)NC(=O)OCc3ccccc3)ccc12. The Morgan fingerprint density at radius 3 is 2.13 bits per heavy atom. The predicted octanol–water partition coefficient (Wildman–Crippen LogP) is 0.927. The van der Waals surface area contributed by atoms with Crippen molar-refractivity contribution in [1.82, 2.24) is 10.6 Å². The fourth-order valence-electron chi connectivity index (χ4n) is 4.36. The van der Waals surface area contributed by atoms with Crippen LogP contribution in [0.3, 0.4) is 0 Å². The monoisotopic (exact) mass is 621 g/mol. The van der Waals surface area contributed by atoms with Crippen molar-refractivity contribution in [2.75, 3.05) is 18.4 Å². The lowest BCUT2D eigenvalue weighted by atomic mass is 10.1. The number of nitrogens with two attached hydrogens (primary N) is 4. The molecule has 1 aromatic heterocycles. The van der Waals surface area contributed by atoms with Gasteiger partial charge in [0.2, 0.25) is 11.8 Å². The number of aryl methyl sites for hydroxylation is 1. The maximum atomic E-state index is 13.4. The van der Waals surface area contributed by atoms with Crippen molar-refractivity contribution < 1.29 is 23.5 Å². The topological polar surface area (TPSA) is 256 Å². The first-order valence-electron chi connectivity index (χ1n) is 14.3. The molecule has 0 saturated carbocycles. The fourth-order valence-corrected chi connectivity index (χ4v) is 4.36. The van der Waals surface area contributed by atoms with Crippen LogP contribution in [-0.4, -0.2) is 55.0 Å². The van der Waals surface area contributed by atoms with E-state index in [1.165, 1.54) is 6.07 Å². The minimum absolute atomic E-state index is 0.0128. The third-order valence-electron chi connectivity index (χ3n) is 6.57. The van der Waals surface area contributed by atoms with Crippen molar-refractivity contribution in [3.63, 3.8) is 0 Å². The maximum Gasteiger partial charge on any atom is 0.408 e. The van der Waals surface area contributed by atoms with Crippen molar-refractivity contribution >= 4 is 46.5 Å². The number of rotatable bonds is 15. The van der Waals surface area contributed by atoms with Crippen LogP contribution in [-0.2, 0) is 20.9 Å². The fraction of sp³-hybridized carbons (Fsp3) is 0.333. The zero-order valence-electron chi connectivity index (χ0n) is 25.0. The normalized spacial score (nSPS) is 11.9. The number of nitrogens with zero attached hydrogens (tertiary/aromatic N) is 2. The van der Waals surface area contributed by atoms with Crippen molar-refractivity contribution in [2.45, 2.75) is 51.3 Å². The highest BCUT2D eigenvalue weighted by Crippen LogP contribution is 2.22. The van der Waals surface area contributed by atoms with Crippen LogP contribution in [0.4, 0.5) is 10.5 Å². The van der Waals surface area contributed by atoms with E-state index in [-0.39, 0.29) is 44.5 Å². The summed E-state index contributed by atoms with van der Waals surface area (Å²) in [6, 6.07) is 13.4. The van der Waals surface area contributed by atoms with E-state index in [1.54, 1.807) is 49.4 Å². The number of ether oxygens (including phenoxy) is 1. The molecule has 15 heteroatoms. The van der Waals surface area contributed by atoms with Gasteiger partial charge in [-0.2, -0.15) is 0 Å². The molecule has 0 spiro atoms. The largest absolute Gasteiger partial charge is 0.445 e. The van der Waals surface area contributed by atoms with Gasteiger partial charge in [-0.25, -0.2) is 9.59 Å². The van der Waals surface area contributed by atoms with Gasteiger partial charge in [-0.1, -0.05) is 30.3 Å². The second-order valence-corrected chi connectivity index (χ2v) is 10.2. The molecule has 3 amide bonds. The lowest BCUT2D eigenvalue weighted by molar-refractivity contribution is -0.132. The molecular weight excluding hydrogens is 582 g/mol. The van der Waals surface area contributed by atoms with E-state index >= 15 is 0 Å². The van der Waals surface area contributed by atoms with Gasteiger partial charge in [0.1, 0.15) is 24.3 Å². The molecule has 0 aliphatic carbocycles. The molecule has 0 radical (unpaired) electrons. The van der Waals surface area contributed by atoms with E-state index < -0.39 is 35.6 Å². The zero-order valence-corrected chi connectivity index (χ0v) is 25.0. The summed E-state index contributed by atoms with van der Waals surface area (Å²) in [7, 11) is 0. The Bertz CT molecular complexity index is 1580. The summed E-state index contributed by atoms with van der Waals surface area (Å²) in [6.07, 6.45) is 0.221. The van der Waals surface area contributed by atoms with Crippen LogP contribution in [0.25, 0.3) is 11.0 Å². The lowest BCUT2D eigenvalue weighted by Crippen LogP contribution is -2.51. The standard InChI is InChI=1S/C30H39N9O6/c1-18-15-25(40)45-24-16-20(11-12-21(18)24)37-22(9-5-13-35-28(31)32)26(41)39-27(42)23(10-6-14-36-29(33)34)38-30(43)44-17-19-7-3-2-4-8-19/h2-4,7-8,11-12,15-16,22-23,37H,5-6,9-10,13-14,17H2,1H3,(H,38,43)(H4,31,32,35)(H4,33,34,36)(H,39,41,42)/t22-,23-/m0/s1. The first-order chi connectivity index (χ1) is 21.5. The minimum Gasteiger partial charge on any atom is -0.445 e. The van der Waals surface area contributed by atoms with Gasteiger partial charge < -0.3 is 42.7 Å². The second-order valence-electron chi connectivity index (χ2n) is 10.2. The average molecular weight is 622 g/mol. The Labute approximate surface area is 259 Å². The highest BCUT2D eigenvalue weighted by molar-refractivity contribution is 6.02. The number of fused-ring (bicyclic) bond motifs is 1. The number of aliphatic imine (C=N–C) groups is 2. The summed E-state index contributed by atoms with van der Waals surface area (Å²) in [4.78, 5) is 59.0. The van der Waals surface area contributed by atoms with Crippen LogP contribution in [0.1, 0.15) is 36.8 Å². The molecule has 11 N–H and O–H groups in total. The van der Waals surface area contributed by atoms with Crippen LogP contribution < -0.4 is 44.5 Å². The summed E-state index contributed by atoms with van der Waals surface area (Å²) in [6.45, 7) is 2.22. The number of hydrogen-bond acceptors (Lipinski definition) is 9. The van der Waals surface area contributed by atoms with Crippen molar-refractivity contribution in [1.29, 1.82) is 0 Å². The quantitative estimate of drug-likeness (QED) is 0.0543. The van der Waals surface area contributed by atoms with Gasteiger partial charge in [-0.05, 0) is 55.9 Å². The van der Waals surface area contributed by atoms with Gasteiger partial charge in [0.25, 0.3) is 0 Å². The number of carbonyl (C=O) groups is 3. The summed E-state index contributed by atoms with van der Waals surface area (Å²) in [5.41, 5.74) is 23.4. The van der Waals surface area contributed by atoms with E-state index in [0.29, 0.717) is 24.1 Å². The van der Waals surface area contributed by atoms with Crippen LogP contribution in [0, 0.1) is 6.92 Å². The highest BCUT2D eigenvalue weighted by atomic mass is 16.5. The number of carbonyl (C=O) groups excluding carboxylic acids is 3. The molecule has 0 aliphatic rings. The Morgan fingerprint density at radius 2 is 1.49 bits per heavy atom. The van der Waals surface area contributed by atoms with Gasteiger partial charge in [0.15, 0.2) is 11.9 Å². The summed E-state index contributed by atoms with van der Waals surface area (Å²) in [5.74, 6) is -1.62. The molecule has 2 aromatic carbocycles. The van der Waals surface area contributed by atoms with Crippen LogP contribution in [0.15, 0.2) is 73.8 Å². The van der Waals surface area contributed by atoms with E-state index in [2.05, 4.69) is 25.9 Å². The van der Waals surface area contributed by atoms with E-state index in [0.717, 1.165) is 16.5 Å². The lowest BCUT2D eigenvalue weighted by Gasteiger charge is -2.22. The van der Waals surface area contributed by atoms with Crippen LogP contribution in [0.5, 0.6) is 0 Å². The van der Waals surface area contributed by atoms with Crippen LogP contribution in [0.2, 0.25) is 0 Å². The Kier molecular flexibility index (Phi) is 12.7. The molecule has 0 saturated heterocycles. The predicted molar refractivity (Wildman–Crippen MR) is 171 cm³/mol. The zero-order chi connectivity index (χ0) is 32.8. The Balaban J connectivity index is 1.74. The molecule has 2 atom stereocenters. The molecule has 0 unspecified atom stereocenters. The van der Waals surface area contributed by atoms with E-state index in [4.69, 9.17) is 32.1 Å². The number of nitrogens with one attached hydrogen (secondary N) is 3. The smallest absolute Gasteiger partial charge is 0.408 e. The first kappa shape index (κ1) is 33.9. The van der Waals surface area contributed by atoms with Gasteiger partial charge >= 0.3 is 11.7 Å².